The van der Waals surface area contributed by atoms with E-state index in [1.807, 2.05) is 0 Å². The number of hydrogen-bond acceptors (Lipinski definition) is 16. The van der Waals surface area contributed by atoms with Gasteiger partial charge in [-0.3, -0.25) is 14.4 Å². The quantitative estimate of drug-likeness (QED) is 0.107. The van der Waals surface area contributed by atoms with Crippen LogP contribution in [0, 0.1) is 0 Å². The van der Waals surface area contributed by atoms with E-state index in [-0.39, 0.29) is 0 Å². The summed E-state index contributed by atoms with van der Waals surface area (Å²) < 4.78 is 28.3. The van der Waals surface area contributed by atoms with E-state index in [0.717, 1.165) is 20.8 Å². The minimum atomic E-state index is -1.77. The van der Waals surface area contributed by atoms with E-state index in [2.05, 4.69) is 16.0 Å². The van der Waals surface area contributed by atoms with Gasteiger partial charge in [-0.1, -0.05) is 0 Å². The second-order valence-electron chi connectivity index (χ2n) is 10.5. The van der Waals surface area contributed by atoms with E-state index in [9.17, 15) is 55.2 Å². The zero-order chi connectivity index (χ0) is 32.2. The average Bonchev–Trinajstić information content (AvgIpc) is 2.94. The second-order valence-corrected chi connectivity index (χ2v) is 10.5. The van der Waals surface area contributed by atoms with Crippen molar-refractivity contribution in [3.63, 3.8) is 0 Å². The van der Waals surface area contributed by atoms with Crippen molar-refractivity contribution in [1.29, 1.82) is 0 Å². The predicted octanol–water partition coefficient (Wildman–Crippen LogP) is -7.14. The summed E-state index contributed by atoms with van der Waals surface area (Å²) in [7, 11) is 0. The highest BCUT2D eigenvalue weighted by Gasteiger charge is 2.54. The third-order valence-corrected chi connectivity index (χ3v) is 7.30. The summed E-state index contributed by atoms with van der Waals surface area (Å²) in [4.78, 5) is 35.5. The molecule has 0 spiro atoms. The molecule has 1 unspecified atom stereocenters. The Labute approximate surface area is 245 Å². The molecule has 43 heavy (non-hydrogen) atoms. The second kappa shape index (κ2) is 15.3. The summed E-state index contributed by atoms with van der Waals surface area (Å²) in [6.45, 7) is 0.995. The van der Waals surface area contributed by atoms with E-state index in [1.54, 1.807) is 0 Å². The van der Waals surface area contributed by atoms with Crippen LogP contribution in [0.15, 0.2) is 0 Å². The van der Waals surface area contributed by atoms with Crippen LogP contribution in [-0.2, 0) is 38.1 Å². The molecular weight excluding hydrogens is 586 g/mol. The molecule has 0 aromatic rings. The minimum absolute atomic E-state index is 0.628. The fraction of sp³-hybridized carbons (Fsp3) is 0.875. The number of aliphatic hydroxyl groups excluding tert-OH is 8. The number of nitrogens with one attached hydrogen (secondary N) is 3. The van der Waals surface area contributed by atoms with Gasteiger partial charge in [-0.05, 0) is 0 Å². The van der Waals surface area contributed by atoms with Gasteiger partial charge in [-0.2, -0.15) is 0 Å². The maximum atomic E-state index is 12.1. The lowest BCUT2D eigenvalue weighted by molar-refractivity contribution is -0.351. The van der Waals surface area contributed by atoms with Gasteiger partial charge < -0.3 is 80.5 Å². The molecule has 11 N–H and O–H groups in total. The summed E-state index contributed by atoms with van der Waals surface area (Å²) in [5.74, 6) is -1.96. The van der Waals surface area contributed by atoms with Crippen LogP contribution in [-0.4, -0.2) is 170 Å². The smallest absolute Gasteiger partial charge is 0.217 e. The standard InChI is InChI=1S/C24H41N3O16/c1-7(31)25-13-18(36)20(11(5-29)39-22(13)38)42-24-15(27-9(3)33)19(37)21(12(6-30)41-24)43-23-14(26-8(2)32)17(35)16(34)10(4-28)40-23/h10-24,28-30,34-38H,4-6H2,1-3H3,(H,25,31)(H,26,32)(H,27,33)/t10-,11-,12-,13-,14-,15-,16-,17-,18-,19-,20+,21-,22?,23+,24+/m1/s1. The molecule has 3 aliphatic rings. The van der Waals surface area contributed by atoms with Gasteiger partial charge in [0, 0.05) is 20.8 Å². The number of ether oxygens (including phenoxy) is 5. The van der Waals surface area contributed by atoms with Crippen LogP contribution in [0.1, 0.15) is 20.8 Å². The Bertz CT molecular complexity index is 962. The van der Waals surface area contributed by atoms with Crippen LogP contribution in [0.2, 0.25) is 0 Å². The molecule has 248 valence electrons. The molecule has 19 nitrogen and oxygen atoms in total. The zero-order valence-corrected chi connectivity index (χ0v) is 23.6. The molecule has 3 heterocycles. The summed E-state index contributed by atoms with van der Waals surface area (Å²) >= 11 is 0. The van der Waals surface area contributed by atoms with E-state index in [4.69, 9.17) is 23.7 Å². The number of rotatable bonds is 10. The molecule has 19 heteroatoms. The van der Waals surface area contributed by atoms with Crippen LogP contribution in [0.4, 0.5) is 0 Å². The lowest BCUT2D eigenvalue weighted by atomic mass is 9.93. The average molecular weight is 628 g/mol. The highest BCUT2D eigenvalue weighted by molar-refractivity contribution is 5.74. The first-order chi connectivity index (χ1) is 20.2. The molecule has 3 saturated heterocycles. The first kappa shape index (κ1) is 35.4. The fourth-order valence-corrected chi connectivity index (χ4v) is 5.28. The molecule has 0 bridgehead atoms. The maximum absolute atomic E-state index is 12.1. The minimum Gasteiger partial charge on any atom is -0.394 e. The highest BCUT2D eigenvalue weighted by Crippen LogP contribution is 2.32. The largest absolute Gasteiger partial charge is 0.394 e. The molecule has 0 aliphatic carbocycles. The van der Waals surface area contributed by atoms with Crippen LogP contribution >= 0.6 is 0 Å². The normalized spacial score (nSPS) is 43.5. The zero-order valence-electron chi connectivity index (χ0n) is 23.6. The summed E-state index contributed by atoms with van der Waals surface area (Å²) in [5, 5.41) is 90.0. The van der Waals surface area contributed by atoms with Crippen molar-refractivity contribution in [3.05, 3.63) is 0 Å². The van der Waals surface area contributed by atoms with Gasteiger partial charge in [-0.15, -0.1) is 0 Å². The van der Waals surface area contributed by atoms with Gasteiger partial charge in [0.25, 0.3) is 0 Å². The Kier molecular flexibility index (Phi) is 12.5. The fourth-order valence-electron chi connectivity index (χ4n) is 5.28. The maximum Gasteiger partial charge on any atom is 0.217 e. The van der Waals surface area contributed by atoms with Crippen molar-refractivity contribution >= 4 is 17.7 Å². The molecule has 0 aromatic carbocycles. The molecule has 3 fully saturated rings. The Balaban J connectivity index is 1.89. The molecule has 0 radical (unpaired) electrons. The van der Waals surface area contributed by atoms with E-state index < -0.39 is 129 Å². The lowest BCUT2D eigenvalue weighted by Gasteiger charge is -2.49. The van der Waals surface area contributed by atoms with Gasteiger partial charge in [-0.25, -0.2) is 0 Å². The van der Waals surface area contributed by atoms with Crippen molar-refractivity contribution < 1.29 is 78.9 Å². The van der Waals surface area contributed by atoms with Crippen molar-refractivity contribution in [3.8, 4) is 0 Å². The SMILES string of the molecule is CC(=O)N[C@H]1[C@H](O[C@@H]2[C@H](O)[C@@H](NC(C)=O)C(O)O[C@@H]2CO)O[C@H](CO)[C@@H](O[C@@H]2O[C@H](CO)[C@@H](O)[C@H](O)[C@H]2NC(C)=O)[C@@H]1O. The first-order valence-electron chi connectivity index (χ1n) is 13.5. The number of carbonyl (C=O) groups is 3. The molecule has 3 amide bonds. The van der Waals surface area contributed by atoms with E-state index >= 15 is 0 Å². The number of carbonyl (C=O) groups excluding carboxylic acids is 3. The van der Waals surface area contributed by atoms with Gasteiger partial charge >= 0.3 is 0 Å². The van der Waals surface area contributed by atoms with Crippen molar-refractivity contribution in [2.24, 2.45) is 0 Å². The van der Waals surface area contributed by atoms with E-state index in [1.165, 1.54) is 0 Å². The van der Waals surface area contributed by atoms with Gasteiger partial charge in [0.05, 0.1) is 19.8 Å². The van der Waals surface area contributed by atoms with Crippen molar-refractivity contribution in [2.45, 2.75) is 113 Å². The molecular formula is C24H41N3O16. The van der Waals surface area contributed by atoms with Crippen LogP contribution in [0.5, 0.6) is 0 Å². The lowest BCUT2D eigenvalue weighted by Crippen LogP contribution is -2.71. The molecule has 3 rings (SSSR count). The topological polar surface area (TPSA) is 295 Å². The summed E-state index contributed by atoms with van der Waals surface area (Å²) in [5.41, 5.74) is 0. The van der Waals surface area contributed by atoms with Crippen molar-refractivity contribution in [2.75, 3.05) is 19.8 Å². The highest BCUT2D eigenvalue weighted by atomic mass is 16.7. The first-order valence-corrected chi connectivity index (χ1v) is 13.5. The molecule has 0 saturated carbocycles. The Morgan fingerprint density at radius 2 is 0.930 bits per heavy atom. The van der Waals surface area contributed by atoms with Crippen molar-refractivity contribution in [1.82, 2.24) is 16.0 Å². The molecule has 0 aromatic heterocycles. The van der Waals surface area contributed by atoms with Crippen LogP contribution in [0.25, 0.3) is 0 Å². The Morgan fingerprint density at radius 3 is 1.37 bits per heavy atom. The third-order valence-electron chi connectivity index (χ3n) is 7.30. The number of aliphatic hydroxyl groups is 8. The van der Waals surface area contributed by atoms with E-state index in [0.29, 0.717) is 0 Å². The summed E-state index contributed by atoms with van der Waals surface area (Å²) in [6, 6.07) is -4.31. The van der Waals surface area contributed by atoms with Gasteiger partial charge in [0.2, 0.25) is 17.7 Å². The van der Waals surface area contributed by atoms with Crippen LogP contribution in [0.3, 0.4) is 0 Å². The Morgan fingerprint density at radius 1 is 0.558 bits per heavy atom. The van der Waals surface area contributed by atoms with Crippen LogP contribution < -0.4 is 16.0 Å². The van der Waals surface area contributed by atoms with Gasteiger partial charge in [0.1, 0.15) is 73.1 Å². The van der Waals surface area contributed by atoms with Gasteiger partial charge in [0.15, 0.2) is 18.9 Å². The third kappa shape index (κ3) is 8.14. The summed E-state index contributed by atoms with van der Waals surface area (Å²) in [6.07, 6.45) is -19.0. The molecule has 3 aliphatic heterocycles. The Hall–Kier alpha value is -2.11. The monoisotopic (exact) mass is 627 g/mol. The number of amides is 3. The predicted molar refractivity (Wildman–Crippen MR) is 136 cm³/mol. The molecule has 15 atom stereocenters. The number of hydrogen-bond donors (Lipinski definition) is 11.